The monoisotopic (exact) mass is 712 g/mol. The number of carbonyl (C=O) groups excluding carboxylic acids is 4. The smallest absolute Gasteiger partial charge is 0.254 e. The summed E-state index contributed by atoms with van der Waals surface area (Å²) in [6, 6.07) is 9.02. The van der Waals surface area contributed by atoms with Gasteiger partial charge in [0.25, 0.3) is 5.91 Å². The fourth-order valence-electron chi connectivity index (χ4n) is 5.94. The lowest BCUT2D eigenvalue weighted by atomic mass is 9.89. The van der Waals surface area contributed by atoms with Gasteiger partial charge in [-0.3, -0.25) is 19.2 Å². The van der Waals surface area contributed by atoms with Gasteiger partial charge >= 0.3 is 0 Å². The van der Waals surface area contributed by atoms with Crippen LogP contribution in [0.15, 0.2) is 41.6 Å². The van der Waals surface area contributed by atoms with E-state index in [0.717, 1.165) is 5.56 Å². The number of hydrogen-bond donors (Lipinski definition) is 2. The van der Waals surface area contributed by atoms with Gasteiger partial charge in [-0.2, -0.15) is 0 Å². The van der Waals surface area contributed by atoms with Crippen LogP contribution in [0.5, 0.6) is 0 Å². The molecule has 248 valence electrons. The number of carbonyl (C=O) groups is 4. The lowest BCUT2D eigenvalue weighted by molar-refractivity contribution is -0.148. The van der Waals surface area contributed by atoms with Crippen molar-refractivity contribution in [2.24, 2.45) is 10.9 Å². The van der Waals surface area contributed by atoms with Crippen LogP contribution in [-0.4, -0.2) is 103 Å². The van der Waals surface area contributed by atoms with Crippen LogP contribution in [0, 0.1) is 0 Å². The van der Waals surface area contributed by atoms with Crippen molar-refractivity contribution in [3.63, 3.8) is 0 Å². The molecule has 2 heterocycles. The molecule has 0 radical (unpaired) electrons. The zero-order valence-electron chi connectivity index (χ0n) is 25.5. The maximum absolute atomic E-state index is 13.3. The molecular formula is C31H36Cl4N6O5. The van der Waals surface area contributed by atoms with Crippen molar-refractivity contribution in [3.05, 3.63) is 67.6 Å². The highest BCUT2D eigenvalue weighted by Gasteiger charge is 2.38. The van der Waals surface area contributed by atoms with Gasteiger partial charge in [-0.25, -0.2) is 0 Å². The normalized spacial score (nSPS) is 18.7. The Morgan fingerprint density at radius 3 is 2.35 bits per heavy atom. The highest BCUT2D eigenvalue weighted by molar-refractivity contribution is 6.42. The van der Waals surface area contributed by atoms with Gasteiger partial charge in [-0.1, -0.05) is 57.6 Å². The van der Waals surface area contributed by atoms with Crippen molar-refractivity contribution in [3.8, 4) is 0 Å². The number of nitrogens with two attached hydrogens (primary N) is 1. The minimum absolute atomic E-state index is 0.0391. The van der Waals surface area contributed by atoms with E-state index < -0.39 is 11.9 Å². The predicted molar refractivity (Wildman–Crippen MR) is 179 cm³/mol. The van der Waals surface area contributed by atoms with E-state index in [-0.39, 0.29) is 49.2 Å². The van der Waals surface area contributed by atoms with Crippen molar-refractivity contribution in [2.45, 2.75) is 43.7 Å². The summed E-state index contributed by atoms with van der Waals surface area (Å²) in [5, 5.41) is 8.43. The molecule has 2 aliphatic heterocycles. The van der Waals surface area contributed by atoms with Crippen molar-refractivity contribution in [1.29, 1.82) is 0 Å². The molecule has 2 atom stereocenters. The van der Waals surface area contributed by atoms with E-state index in [9.17, 15) is 19.2 Å². The van der Waals surface area contributed by atoms with Crippen LogP contribution >= 0.6 is 46.4 Å². The van der Waals surface area contributed by atoms with Gasteiger partial charge in [-0.05, 0) is 61.7 Å². The number of benzene rings is 2. The minimum Gasteiger partial charge on any atom is -0.399 e. The third-order valence-corrected chi connectivity index (χ3v) is 9.36. The molecule has 0 bridgehead atoms. The number of rotatable bonds is 12. The zero-order chi connectivity index (χ0) is 33.5. The molecule has 2 unspecified atom stereocenters. The summed E-state index contributed by atoms with van der Waals surface area (Å²) in [6.07, 6.45) is 1.72. The molecule has 2 aromatic rings. The number of halogens is 4. The lowest BCUT2D eigenvalue weighted by Crippen LogP contribution is -2.62. The molecule has 2 fully saturated rings. The number of amides is 4. The average Bonchev–Trinajstić information content (AvgIpc) is 2.99. The lowest BCUT2D eigenvalue weighted by Gasteiger charge is -2.42. The van der Waals surface area contributed by atoms with Crippen molar-refractivity contribution < 1.29 is 24.0 Å². The van der Waals surface area contributed by atoms with E-state index in [1.54, 1.807) is 42.3 Å². The summed E-state index contributed by atoms with van der Waals surface area (Å²) in [5.41, 5.74) is 7.08. The summed E-state index contributed by atoms with van der Waals surface area (Å²) >= 11 is 24.9. The second-order valence-electron chi connectivity index (χ2n) is 11.4. The molecule has 46 heavy (non-hydrogen) atoms. The number of likely N-dealkylation sites (tertiary alicyclic amines) is 1. The van der Waals surface area contributed by atoms with Gasteiger partial charge < -0.3 is 30.6 Å². The maximum atomic E-state index is 13.3. The van der Waals surface area contributed by atoms with Crippen LogP contribution in [0.25, 0.3) is 0 Å². The fourth-order valence-corrected chi connectivity index (χ4v) is 6.77. The first-order valence-electron chi connectivity index (χ1n) is 14.7. The molecule has 2 aromatic carbocycles. The Kier molecular flexibility index (Phi) is 12.6. The van der Waals surface area contributed by atoms with E-state index in [0.29, 0.717) is 70.3 Å². The third-order valence-electron chi connectivity index (χ3n) is 8.18. The van der Waals surface area contributed by atoms with Gasteiger partial charge in [0.1, 0.15) is 13.2 Å². The van der Waals surface area contributed by atoms with E-state index >= 15 is 0 Å². The second-order valence-corrected chi connectivity index (χ2v) is 13.1. The Bertz CT molecular complexity index is 1480. The van der Waals surface area contributed by atoms with Crippen molar-refractivity contribution in [2.75, 3.05) is 46.9 Å². The van der Waals surface area contributed by atoms with Crippen LogP contribution in [-0.2, 0) is 19.2 Å². The molecule has 0 spiro atoms. The minimum atomic E-state index is -0.928. The van der Waals surface area contributed by atoms with E-state index in [2.05, 4.69) is 15.4 Å². The third kappa shape index (κ3) is 9.25. The van der Waals surface area contributed by atoms with Crippen molar-refractivity contribution >= 4 is 75.7 Å². The molecule has 3 N–H and O–H groups in total. The summed E-state index contributed by atoms with van der Waals surface area (Å²) < 4.78 is 0. The number of oxime groups is 1. The van der Waals surface area contributed by atoms with E-state index in [1.807, 2.05) is 6.07 Å². The molecule has 4 amide bonds. The summed E-state index contributed by atoms with van der Waals surface area (Å²) in [7, 11) is 3.11. The van der Waals surface area contributed by atoms with E-state index in [4.69, 9.17) is 57.0 Å². The van der Waals surface area contributed by atoms with Gasteiger partial charge in [0, 0.05) is 47.7 Å². The molecule has 2 saturated heterocycles. The SMILES string of the molecule is CO/N=C(\CN(C)C(=O)c1cc(Cl)cc(Cl)c1)C(CCN1CCC(N2CC(=O)NC(CC(N)=O)C2=O)CC1)c1ccc(Cl)c(Cl)c1. The number of hydrogen-bond acceptors (Lipinski definition) is 7. The number of nitrogens with zero attached hydrogens (tertiary/aromatic N) is 4. The van der Waals surface area contributed by atoms with E-state index in [1.165, 1.54) is 12.0 Å². The average molecular weight is 714 g/mol. The first-order chi connectivity index (χ1) is 21.9. The molecule has 0 aliphatic carbocycles. The quantitative estimate of drug-likeness (QED) is 0.250. The Morgan fingerprint density at radius 1 is 1.07 bits per heavy atom. The summed E-state index contributed by atoms with van der Waals surface area (Å²) in [6.45, 7) is 2.16. The number of nitrogens with one attached hydrogen (secondary N) is 1. The Labute approximate surface area is 287 Å². The maximum Gasteiger partial charge on any atom is 0.254 e. The number of piperidine rings is 1. The van der Waals surface area contributed by atoms with Gasteiger partial charge in [0.2, 0.25) is 17.7 Å². The topological polar surface area (TPSA) is 138 Å². The molecule has 0 saturated carbocycles. The molecule has 11 nitrogen and oxygen atoms in total. The largest absolute Gasteiger partial charge is 0.399 e. The Balaban J connectivity index is 1.46. The first kappa shape index (κ1) is 35.8. The Hall–Kier alpha value is -3.09. The number of piperazine rings is 1. The highest BCUT2D eigenvalue weighted by Crippen LogP contribution is 2.31. The highest BCUT2D eigenvalue weighted by atomic mass is 35.5. The second kappa shape index (κ2) is 16.1. The van der Waals surface area contributed by atoms with Crippen LogP contribution in [0.1, 0.15) is 47.5 Å². The summed E-state index contributed by atoms with van der Waals surface area (Å²) in [5.74, 6) is -1.80. The van der Waals surface area contributed by atoms with Crippen LogP contribution < -0.4 is 11.1 Å². The zero-order valence-corrected chi connectivity index (χ0v) is 28.5. The Morgan fingerprint density at radius 2 is 1.74 bits per heavy atom. The van der Waals surface area contributed by atoms with Gasteiger partial charge in [0.15, 0.2) is 0 Å². The molecule has 4 rings (SSSR count). The molecule has 0 aromatic heterocycles. The number of primary amides is 1. The van der Waals surface area contributed by atoms with Gasteiger partial charge in [0.05, 0.1) is 35.3 Å². The van der Waals surface area contributed by atoms with Crippen LogP contribution in [0.3, 0.4) is 0 Å². The standard InChI is InChI=1S/C31H36Cl4N6O5/c1-39(30(44)19-11-20(32)14-21(33)12-19)16-27(38-46-2)23(18-3-4-24(34)25(35)13-18)7-10-40-8-5-22(6-9-40)41-17-29(43)37-26(31(41)45)15-28(36)42/h3-4,11-14,22-23,26H,5-10,15-17H2,1-2H3,(H2,36,42)(H,37,43)/b38-27+. The van der Waals surface area contributed by atoms with Crippen LogP contribution in [0.2, 0.25) is 20.1 Å². The predicted octanol–water partition coefficient (Wildman–Crippen LogP) is 4.22. The van der Waals surface area contributed by atoms with Crippen LogP contribution in [0.4, 0.5) is 0 Å². The molecule has 15 heteroatoms. The summed E-state index contributed by atoms with van der Waals surface area (Å²) in [4.78, 5) is 60.6. The van der Waals surface area contributed by atoms with Crippen molar-refractivity contribution in [1.82, 2.24) is 20.0 Å². The molecular weight excluding hydrogens is 678 g/mol. The first-order valence-corrected chi connectivity index (χ1v) is 16.2. The molecule has 2 aliphatic rings. The van der Waals surface area contributed by atoms with Gasteiger partial charge in [-0.15, -0.1) is 0 Å². The fraction of sp³-hybridized carbons (Fsp3) is 0.452.